The van der Waals surface area contributed by atoms with Gasteiger partial charge in [0.05, 0.1) is 28.0 Å². The number of nitrogens with zero attached hydrogens (tertiary/aromatic N) is 4. The predicted molar refractivity (Wildman–Crippen MR) is 248 cm³/mol. The molecular weight excluding hydrogens is 717 g/mol. The highest BCUT2D eigenvalue weighted by molar-refractivity contribution is 6.27. The number of benzene rings is 8. The van der Waals surface area contributed by atoms with Crippen LogP contribution in [-0.4, -0.2) is 16.2 Å². The highest BCUT2D eigenvalue weighted by atomic mass is 15.2. The number of aromatic nitrogens is 1. The summed E-state index contributed by atoms with van der Waals surface area (Å²) >= 11 is 0. The normalized spacial score (nSPS) is 17.2. The van der Waals surface area contributed by atoms with Crippen molar-refractivity contribution >= 4 is 61.3 Å². The quantitative estimate of drug-likeness (QED) is 0.166. The van der Waals surface area contributed by atoms with Gasteiger partial charge < -0.3 is 4.90 Å². The Morgan fingerprint density at radius 2 is 1.05 bits per heavy atom. The van der Waals surface area contributed by atoms with E-state index < -0.39 is 5.54 Å². The molecule has 0 bridgehead atoms. The lowest BCUT2D eigenvalue weighted by molar-refractivity contribution is 0.434. The summed E-state index contributed by atoms with van der Waals surface area (Å²) in [6.07, 6.45) is 8.60. The Labute approximate surface area is 344 Å². The smallest absolute Gasteiger partial charge is 0.231 e. The van der Waals surface area contributed by atoms with Gasteiger partial charge in [-0.1, -0.05) is 176 Å². The number of aliphatic imine (C=N–C) groups is 2. The standard InChI is InChI=1S/C55H40N4/c1-55(42-19-7-3-8-20-42)48-26-14-15-27-49(48)56-54(57-55)59-50-28-16-13-25-47(50)53-46-24-12-11-23-45(46)51(37-52(53)59)58(43-21-9-4-10-22-43)44-35-33-41(34-36-44)40-31-29-39(30-32-40)38-17-5-2-6-18-38/h2-37,48H,1H3. The van der Waals surface area contributed by atoms with Crippen LogP contribution in [0.25, 0.3) is 54.8 Å². The molecule has 9 aromatic rings. The van der Waals surface area contributed by atoms with Crippen LogP contribution in [0.5, 0.6) is 0 Å². The van der Waals surface area contributed by atoms with Gasteiger partial charge in [0, 0.05) is 33.5 Å². The SMILES string of the molecule is CC1(c2ccccc2)N=C(n2c3ccccc3c3c4ccccc4c(N(c4ccccc4)c4ccc(-c5ccc(-c6ccccc6)cc5)cc4)cc32)N=C2C=CC=CC21. The minimum Gasteiger partial charge on any atom is -0.310 e. The molecule has 11 rings (SSSR count). The number of allylic oxidation sites excluding steroid dienone is 3. The summed E-state index contributed by atoms with van der Waals surface area (Å²) in [5.41, 5.74) is 11.8. The molecule has 0 fully saturated rings. The molecule has 4 heteroatoms. The second kappa shape index (κ2) is 14.1. The highest BCUT2D eigenvalue weighted by Crippen LogP contribution is 2.46. The molecule has 0 amide bonds. The average molecular weight is 757 g/mol. The molecule has 59 heavy (non-hydrogen) atoms. The third-order valence-corrected chi connectivity index (χ3v) is 12.1. The van der Waals surface area contributed by atoms with Crippen LogP contribution in [0.4, 0.5) is 17.1 Å². The van der Waals surface area contributed by atoms with Crippen LogP contribution in [0, 0.1) is 5.92 Å². The van der Waals surface area contributed by atoms with E-state index in [0.717, 1.165) is 39.4 Å². The zero-order valence-electron chi connectivity index (χ0n) is 32.7. The van der Waals surface area contributed by atoms with Crippen LogP contribution in [0.15, 0.2) is 228 Å². The maximum absolute atomic E-state index is 5.64. The summed E-state index contributed by atoms with van der Waals surface area (Å²) in [4.78, 5) is 13.4. The molecule has 1 aliphatic heterocycles. The van der Waals surface area contributed by atoms with Gasteiger partial charge in [-0.2, -0.15) is 0 Å². The lowest BCUT2D eigenvalue weighted by Gasteiger charge is -2.37. The molecular formula is C55H40N4. The van der Waals surface area contributed by atoms with Crippen LogP contribution in [0.2, 0.25) is 0 Å². The molecule has 1 aliphatic carbocycles. The summed E-state index contributed by atoms with van der Waals surface area (Å²) in [6, 6.07) is 69.6. The highest BCUT2D eigenvalue weighted by Gasteiger charge is 2.41. The fraction of sp³-hybridized carbons (Fsp3) is 0.0545. The third-order valence-electron chi connectivity index (χ3n) is 12.1. The molecule has 0 spiro atoms. The average Bonchev–Trinajstić information content (AvgIpc) is 3.65. The second-order valence-corrected chi connectivity index (χ2v) is 15.5. The number of hydrogen-bond donors (Lipinski definition) is 0. The van der Waals surface area contributed by atoms with Gasteiger partial charge in [0.1, 0.15) is 0 Å². The first-order valence-electron chi connectivity index (χ1n) is 20.3. The Morgan fingerprint density at radius 3 is 1.75 bits per heavy atom. The molecule has 0 saturated heterocycles. The van der Waals surface area contributed by atoms with E-state index in [1.165, 1.54) is 43.8 Å². The van der Waals surface area contributed by atoms with Crippen LogP contribution < -0.4 is 4.90 Å². The van der Waals surface area contributed by atoms with Crippen molar-refractivity contribution in [3.8, 4) is 22.3 Å². The van der Waals surface area contributed by atoms with Crippen LogP contribution in [-0.2, 0) is 5.54 Å². The Bertz CT molecular complexity index is 3140. The first-order valence-corrected chi connectivity index (χ1v) is 20.3. The van der Waals surface area contributed by atoms with E-state index in [1.807, 2.05) is 0 Å². The summed E-state index contributed by atoms with van der Waals surface area (Å²) in [7, 11) is 0. The van der Waals surface area contributed by atoms with E-state index in [2.05, 4.69) is 235 Å². The zero-order chi connectivity index (χ0) is 39.3. The Morgan fingerprint density at radius 1 is 0.508 bits per heavy atom. The Kier molecular flexibility index (Phi) is 8.30. The number of anilines is 3. The van der Waals surface area contributed by atoms with E-state index in [-0.39, 0.29) is 5.92 Å². The van der Waals surface area contributed by atoms with Crippen molar-refractivity contribution in [2.45, 2.75) is 12.5 Å². The molecule has 2 unspecified atom stereocenters. The molecule has 4 nitrogen and oxygen atoms in total. The number of hydrogen-bond acceptors (Lipinski definition) is 3. The van der Waals surface area contributed by atoms with Gasteiger partial charge in [-0.05, 0) is 82.6 Å². The molecule has 1 aromatic heterocycles. The zero-order valence-corrected chi connectivity index (χ0v) is 32.7. The minimum absolute atomic E-state index is 0.0153. The first kappa shape index (κ1) is 34.7. The predicted octanol–water partition coefficient (Wildman–Crippen LogP) is 14.1. The van der Waals surface area contributed by atoms with Crippen LogP contribution >= 0.6 is 0 Å². The maximum atomic E-state index is 5.64. The molecule has 0 N–H and O–H groups in total. The third kappa shape index (κ3) is 5.83. The number of para-hydroxylation sites is 2. The van der Waals surface area contributed by atoms with Gasteiger partial charge >= 0.3 is 0 Å². The Balaban J connectivity index is 1.12. The van der Waals surface area contributed by atoms with Gasteiger partial charge in [0.2, 0.25) is 5.96 Å². The van der Waals surface area contributed by atoms with E-state index in [4.69, 9.17) is 9.98 Å². The van der Waals surface area contributed by atoms with E-state index in [0.29, 0.717) is 5.96 Å². The van der Waals surface area contributed by atoms with Crippen molar-refractivity contribution in [2.24, 2.45) is 15.9 Å². The monoisotopic (exact) mass is 756 g/mol. The fourth-order valence-electron chi connectivity index (χ4n) is 9.16. The van der Waals surface area contributed by atoms with E-state index >= 15 is 0 Å². The largest absolute Gasteiger partial charge is 0.310 e. The Hall–Kier alpha value is -7.56. The van der Waals surface area contributed by atoms with Crippen molar-refractivity contribution in [3.63, 3.8) is 0 Å². The van der Waals surface area contributed by atoms with Crippen molar-refractivity contribution < 1.29 is 0 Å². The number of rotatable bonds is 6. The maximum Gasteiger partial charge on any atom is 0.231 e. The summed E-state index contributed by atoms with van der Waals surface area (Å²) in [5.74, 6) is 0.699. The van der Waals surface area contributed by atoms with Crippen molar-refractivity contribution in [1.82, 2.24) is 4.57 Å². The van der Waals surface area contributed by atoms with Gasteiger partial charge in [-0.25, -0.2) is 9.98 Å². The summed E-state index contributed by atoms with van der Waals surface area (Å²) in [6.45, 7) is 2.25. The van der Waals surface area contributed by atoms with Gasteiger partial charge in [-0.15, -0.1) is 0 Å². The van der Waals surface area contributed by atoms with Crippen molar-refractivity contribution in [3.05, 3.63) is 224 Å². The fourth-order valence-corrected chi connectivity index (χ4v) is 9.16. The molecule has 280 valence electrons. The first-order chi connectivity index (χ1) is 29.1. The minimum atomic E-state index is -0.563. The lowest BCUT2D eigenvalue weighted by atomic mass is 9.75. The van der Waals surface area contributed by atoms with Gasteiger partial charge in [-0.3, -0.25) is 4.57 Å². The second-order valence-electron chi connectivity index (χ2n) is 15.5. The molecule has 2 atom stereocenters. The summed E-state index contributed by atoms with van der Waals surface area (Å²) < 4.78 is 2.29. The number of fused-ring (bicyclic) bond motifs is 6. The van der Waals surface area contributed by atoms with Crippen molar-refractivity contribution in [2.75, 3.05) is 4.90 Å². The van der Waals surface area contributed by atoms with E-state index in [9.17, 15) is 0 Å². The van der Waals surface area contributed by atoms with Crippen LogP contribution in [0.3, 0.4) is 0 Å². The molecule has 0 saturated carbocycles. The van der Waals surface area contributed by atoms with Crippen molar-refractivity contribution in [1.29, 1.82) is 0 Å². The molecule has 2 heterocycles. The lowest BCUT2D eigenvalue weighted by Crippen LogP contribution is -2.40. The molecule has 8 aromatic carbocycles. The van der Waals surface area contributed by atoms with Gasteiger partial charge in [0.15, 0.2) is 0 Å². The molecule has 0 radical (unpaired) electrons. The van der Waals surface area contributed by atoms with E-state index in [1.54, 1.807) is 0 Å². The summed E-state index contributed by atoms with van der Waals surface area (Å²) in [5, 5.41) is 4.70. The topological polar surface area (TPSA) is 32.9 Å². The van der Waals surface area contributed by atoms with Crippen LogP contribution in [0.1, 0.15) is 12.5 Å². The van der Waals surface area contributed by atoms with Gasteiger partial charge in [0.25, 0.3) is 0 Å². The molecule has 2 aliphatic rings.